The molecule has 5 nitrogen and oxygen atoms in total. The van der Waals surface area contributed by atoms with Gasteiger partial charge in [-0.3, -0.25) is 9.36 Å². The van der Waals surface area contributed by atoms with E-state index in [1.54, 1.807) is 10.9 Å². The molecule has 0 spiro atoms. The second kappa shape index (κ2) is 5.26. The zero-order valence-electron chi connectivity index (χ0n) is 11.7. The highest BCUT2D eigenvalue weighted by atomic mass is 35.5. The lowest BCUT2D eigenvalue weighted by molar-refractivity contribution is 0.107. The lowest BCUT2D eigenvalue weighted by Gasteiger charge is -2.16. The Morgan fingerprint density at radius 2 is 2.18 bits per heavy atom. The largest absolute Gasteiger partial charge is 0.444 e. The predicted molar refractivity (Wildman–Crippen MR) is 82.2 cm³/mol. The number of aromatic nitrogens is 2. The van der Waals surface area contributed by atoms with Crippen molar-refractivity contribution in [3.05, 3.63) is 63.0 Å². The van der Waals surface area contributed by atoms with Crippen molar-refractivity contribution in [2.45, 2.75) is 19.6 Å². The van der Waals surface area contributed by atoms with Crippen LogP contribution in [-0.4, -0.2) is 16.2 Å². The van der Waals surface area contributed by atoms with Gasteiger partial charge in [0.2, 0.25) is 0 Å². The zero-order valence-corrected chi connectivity index (χ0v) is 12.5. The van der Waals surface area contributed by atoms with Crippen LogP contribution in [0.5, 0.6) is 0 Å². The Labute approximate surface area is 131 Å². The van der Waals surface area contributed by atoms with Crippen LogP contribution in [0.4, 0.5) is 0 Å². The number of rotatable bonds is 2. The summed E-state index contributed by atoms with van der Waals surface area (Å²) >= 11 is 6.19. The van der Waals surface area contributed by atoms with Gasteiger partial charge in [0.1, 0.15) is 5.58 Å². The van der Waals surface area contributed by atoms with Crippen LogP contribution in [-0.2, 0) is 24.3 Å². The fraction of sp³-hybridized carbons (Fsp3) is 0.250. The number of ether oxygens (including phenoxy) is 1. The minimum absolute atomic E-state index is 0.0777. The van der Waals surface area contributed by atoms with Gasteiger partial charge in [-0.2, -0.15) is 0 Å². The molecular formula is C16H13ClN2O3. The summed E-state index contributed by atoms with van der Waals surface area (Å²) in [6.07, 6.45) is 2.26. The van der Waals surface area contributed by atoms with E-state index in [-0.39, 0.29) is 5.56 Å². The third-order valence-corrected chi connectivity index (χ3v) is 4.23. The summed E-state index contributed by atoms with van der Waals surface area (Å²) < 4.78 is 12.4. The average Bonchev–Trinajstić information content (AvgIpc) is 2.86. The maximum atomic E-state index is 12.6. The molecule has 4 rings (SSSR count). The molecule has 0 N–H and O–H groups in total. The molecule has 0 aliphatic carbocycles. The molecule has 0 bridgehead atoms. The Kier molecular flexibility index (Phi) is 3.24. The molecule has 2 aromatic heterocycles. The summed E-state index contributed by atoms with van der Waals surface area (Å²) in [7, 11) is 0. The lowest BCUT2D eigenvalue weighted by atomic mass is 10.1. The highest BCUT2D eigenvalue weighted by Crippen LogP contribution is 2.29. The van der Waals surface area contributed by atoms with Gasteiger partial charge in [0, 0.05) is 17.4 Å². The minimum Gasteiger partial charge on any atom is -0.444 e. The molecule has 1 aliphatic heterocycles. The Hall–Kier alpha value is -2.11. The zero-order chi connectivity index (χ0) is 15.1. The topological polar surface area (TPSA) is 57.3 Å². The van der Waals surface area contributed by atoms with Crippen molar-refractivity contribution >= 4 is 22.6 Å². The number of fused-ring (bicyclic) bond motifs is 2. The molecule has 22 heavy (non-hydrogen) atoms. The molecule has 0 radical (unpaired) electrons. The van der Waals surface area contributed by atoms with Crippen molar-refractivity contribution in [3.8, 4) is 0 Å². The second-order valence-electron chi connectivity index (χ2n) is 5.26. The van der Waals surface area contributed by atoms with Gasteiger partial charge in [0.15, 0.2) is 5.22 Å². The third-order valence-electron chi connectivity index (χ3n) is 3.93. The molecule has 3 heterocycles. The molecule has 0 atom stereocenters. The second-order valence-corrected chi connectivity index (χ2v) is 5.60. The summed E-state index contributed by atoms with van der Waals surface area (Å²) in [6, 6.07) is 7.59. The van der Waals surface area contributed by atoms with Crippen LogP contribution in [0.1, 0.15) is 16.8 Å². The van der Waals surface area contributed by atoms with Gasteiger partial charge in [-0.1, -0.05) is 18.2 Å². The molecule has 0 saturated carbocycles. The Morgan fingerprint density at radius 3 is 3.09 bits per heavy atom. The molecule has 6 heteroatoms. The summed E-state index contributed by atoms with van der Waals surface area (Å²) in [6.45, 7) is 1.26. The fourth-order valence-corrected chi connectivity index (χ4v) is 3.01. The fourth-order valence-electron chi connectivity index (χ4n) is 2.77. The molecule has 0 saturated heterocycles. The summed E-state index contributed by atoms with van der Waals surface area (Å²) in [4.78, 5) is 16.9. The quantitative estimate of drug-likeness (QED) is 0.729. The molecule has 0 amide bonds. The number of halogens is 1. The highest BCUT2D eigenvalue weighted by molar-refractivity contribution is 6.30. The smallest absolute Gasteiger partial charge is 0.259 e. The van der Waals surface area contributed by atoms with E-state index in [0.717, 1.165) is 16.6 Å². The molecule has 1 aromatic carbocycles. The predicted octanol–water partition coefficient (Wildman–Crippen LogP) is 2.76. The van der Waals surface area contributed by atoms with E-state index in [4.69, 9.17) is 20.8 Å². The van der Waals surface area contributed by atoms with E-state index >= 15 is 0 Å². The van der Waals surface area contributed by atoms with Crippen molar-refractivity contribution in [1.82, 2.24) is 9.55 Å². The molecular weight excluding hydrogens is 304 g/mol. The van der Waals surface area contributed by atoms with E-state index in [9.17, 15) is 4.79 Å². The summed E-state index contributed by atoms with van der Waals surface area (Å²) in [5.41, 5.74) is 2.89. The van der Waals surface area contributed by atoms with Crippen molar-refractivity contribution in [2.75, 3.05) is 6.61 Å². The first-order valence-electron chi connectivity index (χ1n) is 7.05. The van der Waals surface area contributed by atoms with E-state index in [2.05, 4.69) is 4.98 Å². The highest BCUT2D eigenvalue weighted by Gasteiger charge is 2.18. The maximum absolute atomic E-state index is 12.6. The Balaban J connectivity index is 1.80. The van der Waals surface area contributed by atoms with Crippen LogP contribution < -0.4 is 5.56 Å². The van der Waals surface area contributed by atoms with E-state index < -0.39 is 0 Å². The van der Waals surface area contributed by atoms with Crippen molar-refractivity contribution in [3.63, 3.8) is 0 Å². The lowest BCUT2D eigenvalue weighted by Crippen LogP contribution is -2.30. The van der Waals surface area contributed by atoms with Gasteiger partial charge in [0.25, 0.3) is 5.56 Å². The summed E-state index contributed by atoms with van der Waals surface area (Å²) in [5.74, 6) is 0. The number of furan rings is 1. The standard InChI is InChI=1S/C16H13ClN2O3/c17-15-11(10-3-1-2-4-14(10)22-15)7-19-9-18-13-5-6-21-8-12(13)16(19)20/h1-4,9H,5-8H2. The number of hydrogen-bond donors (Lipinski definition) is 0. The summed E-state index contributed by atoms with van der Waals surface area (Å²) in [5, 5.41) is 1.22. The van der Waals surface area contributed by atoms with Crippen LogP contribution in [0.15, 0.2) is 39.8 Å². The van der Waals surface area contributed by atoms with Gasteiger partial charge in [-0.05, 0) is 17.7 Å². The monoisotopic (exact) mass is 316 g/mol. The van der Waals surface area contributed by atoms with Gasteiger partial charge in [-0.15, -0.1) is 0 Å². The van der Waals surface area contributed by atoms with Crippen molar-refractivity contribution in [1.29, 1.82) is 0 Å². The first kappa shape index (κ1) is 13.5. The molecule has 112 valence electrons. The van der Waals surface area contributed by atoms with E-state index in [0.29, 0.717) is 42.5 Å². The number of hydrogen-bond acceptors (Lipinski definition) is 4. The normalized spacial score (nSPS) is 14.2. The first-order chi connectivity index (χ1) is 10.7. The van der Waals surface area contributed by atoms with Crippen LogP contribution in [0.25, 0.3) is 11.0 Å². The van der Waals surface area contributed by atoms with Gasteiger partial charge in [0.05, 0.1) is 37.3 Å². The van der Waals surface area contributed by atoms with Crippen molar-refractivity contribution in [2.24, 2.45) is 0 Å². The average molecular weight is 317 g/mol. The van der Waals surface area contributed by atoms with E-state index in [1.165, 1.54) is 0 Å². The van der Waals surface area contributed by atoms with Gasteiger partial charge >= 0.3 is 0 Å². The molecule has 3 aromatic rings. The van der Waals surface area contributed by atoms with Crippen LogP contribution in [0, 0.1) is 0 Å². The van der Waals surface area contributed by atoms with Crippen LogP contribution in [0.3, 0.4) is 0 Å². The molecule has 0 fully saturated rings. The van der Waals surface area contributed by atoms with E-state index in [1.807, 2.05) is 24.3 Å². The van der Waals surface area contributed by atoms with Gasteiger partial charge < -0.3 is 9.15 Å². The minimum atomic E-state index is -0.0777. The van der Waals surface area contributed by atoms with Crippen LogP contribution in [0.2, 0.25) is 5.22 Å². The number of benzene rings is 1. The Bertz CT molecular complexity index is 913. The maximum Gasteiger partial charge on any atom is 0.259 e. The van der Waals surface area contributed by atoms with Crippen LogP contribution >= 0.6 is 11.6 Å². The molecule has 1 aliphatic rings. The number of nitrogens with zero attached hydrogens (tertiary/aromatic N) is 2. The first-order valence-corrected chi connectivity index (χ1v) is 7.42. The Morgan fingerprint density at radius 1 is 1.32 bits per heavy atom. The van der Waals surface area contributed by atoms with Gasteiger partial charge in [-0.25, -0.2) is 4.98 Å². The number of para-hydroxylation sites is 1. The molecule has 0 unspecified atom stereocenters. The third kappa shape index (κ3) is 2.14. The van der Waals surface area contributed by atoms with Crippen molar-refractivity contribution < 1.29 is 9.15 Å². The SMILES string of the molecule is O=c1c2c(ncn1Cc1c(Cl)oc3ccccc13)CCOC2.